The molecule has 7 nitrogen and oxygen atoms in total. The minimum Gasteiger partial charge on any atom is -0.351 e. The number of rotatable bonds is 8. The summed E-state index contributed by atoms with van der Waals surface area (Å²) in [4.78, 5) is 29.2. The number of hydrogen-bond donors (Lipinski definition) is 1. The van der Waals surface area contributed by atoms with Gasteiger partial charge >= 0.3 is 0 Å². The number of imidazole rings is 1. The molecule has 0 bridgehead atoms. The number of carbonyl (C=O) groups is 1. The molecule has 0 aliphatic rings. The number of aryl methyl sites for hydroxylation is 1. The van der Waals surface area contributed by atoms with Crippen molar-refractivity contribution in [2.75, 3.05) is 0 Å². The Morgan fingerprint density at radius 2 is 1.91 bits per heavy atom. The molecule has 0 fully saturated rings. The number of nitrogens with one attached hydrogen (secondary N) is 1. The van der Waals surface area contributed by atoms with Gasteiger partial charge < -0.3 is 9.88 Å². The number of aromatic nitrogens is 4. The molecule has 0 saturated carbocycles. The van der Waals surface area contributed by atoms with Gasteiger partial charge in [-0.3, -0.25) is 9.59 Å². The second kappa shape index (κ2) is 9.72. The third-order valence-electron chi connectivity index (χ3n) is 5.44. The average Bonchev–Trinajstić information content (AvgIpc) is 3.23. The zero-order valence-corrected chi connectivity index (χ0v) is 18.0. The number of benzene rings is 2. The van der Waals surface area contributed by atoms with Gasteiger partial charge in [-0.25, -0.2) is 18.4 Å². The highest BCUT2D eigenvalue weighted by atomic mass is 19.2. The number of carbonyl (C=O) groups excluding carboxylic acids is 1. The first-order valence-electron chi connectivity index (χ1n) is 10.7. The highest BCUT2D eigenvalue weighted by Crippen LogP contribution is 2.18. The molecule has 170 valence electrons. The molecule has 2 aromatic carbocycles. The lowest BCUT2D eigenvalue weighted by molar-refractivity contribution is -0.122. The van der Waals surface area contributed by atoms with Crippen molar-refractivity contribution >= 4 is 16.9 Å². The number of hydrogen-bond acceptors (Lipinski definition) is 4. The van der Waals surface area contributed by atoms with Crippen molar-refractivity contribution in [2.24, 2.45) is 0 Å². The summed E-state index contributed by atoms with van der Waals surface area (Å²) in [6.45, 7) is 2.54. The molecule has 1 atom stereocenters. The number of nitrogens with zero attached hydrogens (tertiary/aromatic N) is 4. The maximum Gasteiger partial charge on any atom is 0.266 e. The Labute approximate surface area is 188 Å². The topological polar surface area (TPSA) is 81.8 Å². The normalized spacial score (nSPS) is 12.1. The minimum atomic E-state index is -0.989. The van der Waals surface area contributed by atoms with Crippen LogP contribution in [0.3, 0.4) is 0 Å². The molecule has 0 aliphatic carbocycles. The van der Waals surface area contributed by atoms with E-state index in [0.717, 1.165) is 23.2 Å². The van der Waals surface area contributed by atoms with E-state index in [4.69, 9.17) is 0 Å². The number of halogens is 2. The van der Waals surface area contributed by atoms with Crippen LogP contribution >= 0.6 is 0 Å². The van der Waals surface area contributed by atoms with E-state index in [1.54, 1.807) is 6.33 Å². The Bertz CT molecular complexity index is 1350. The van der Waals surface area contributed by atoms with Gasteiger partial charge in [-0.15, -0.1) is 0 Å². The van der Waals surface area contributed by atoms with Crippen molar-refractivity contribution in [1.29, 1.82) is 0 Å². The van der Waals surface area contributed by atoms with Crippen molar-refractivity contribution in [3.05, 3.63) is 82.9 Å². The van der Waals surface area contributed by atoms with Crippen molar-refractivity contribution in [2.45, 2.75) is 38.9 Å². The second-order valence-electron chi connectivity index (χ2n) is 7.72. The Balaban J connectivity index is 1.42. The van der Waals surface area contributed by atoms with Gasteiger partial charge in [0.25, 0.3) is 5.56 Å². The Hall–Kier alpha value is -3.88. The van der Waals surface area contributed by atoms with Gasteiger partial charge in [0.05, 0.1) is 29.6 Å². The van der Waals surface area contributed by atoms with E-state index < -0.39 is 11.6 Å². The van der Waals surface area contributed by atoms with Crippen LogP contribution in [-0.4, -0.2) is 31.3 Å². The third kappa shape index (κ3) is 5.14. The van der Waals surface area contributed by atoms with Crippen molar-refractivity contribution in [1.82, 2.24) is 24.6 Å². The van der Waals surface area contributed by atoms with Gasteiger partial charge in [0.15, 0.2) is 11.6 Å². The molecule has 9 heteroatoms. The van der Waals surface area contributed by atoms with Gasteiger partial charge in [0, 0.05) is 30.6 Å². The molecule has 0 radical (unpaired) electrons. The maximum atomic E-state index is 13.6. The van der Waals surface area contributed by atoms with Crippen LogP contribution in [0.5, 0.6) is 0 Å². The van der Waals surface area contributed by atoms with Crippen molar-refractivity contribution in [3.63, 3.8) is 0 Å². The van der Waals surface area contributed by atoms with Gasteiger partial charge in [-0.1, -0.05) is 19.1 Å². The van der Waals surface area contributed by atoms with E-state index in [2.05, 4.69) is 15.4 Å². The maximum absolute atomic E-state index is 13.6. The number of para-hydroxylation sites is 2. The fourth-order valence-electron chi connectivity index (χ4n) is 3.59. The van der Waals surface area contributed by atoms with E-state index >= 15 is 0 Å². The molecule has 1 amide bonds. The minimum absolute atomic E-state index is 0.149. The molecule has 0 spiro atoms. The molecular weight excluding hydrogens is 428 g/mol. The summed E-state index contributed by atoms with van der Waals surface area (Å²) in [5, 5.41) is 7.23. The van der Waals surface area contributed by atoms with Crippen LogP contribution in [-0.2, 0) is 17.9 Å². The van der Waals surface area contributed by atoms with Crippen LogP contribution in [0.2, 0.25) is 0 Å². The monoisotopic (exact) mass is 451 g/mol. The lowest BCUT2D eigenvalue weighted by Gasteiger charge is -2.18. The second-order valence-corrected chi connectivity index (χ2v) is 7.72. The first-order valence-corrected chi connectivity index (χ1v) is 10.7. The van der Waals surface area contributed by atoms with Crippen LogP contribution in [0.1, 0.15) is 19.8 Å². The van der Waals surface area contributed by atoms with E-state index in [1.807, 2.05) is 35.8 Å². The molecule has 4 aromatic rings. The fraction of sp³-hybridized carbons (Fsp3) is 0.250. The molecule has 1 N–H and O–H groups in total. The third-order valence-corrected chi connectivity index (χ3v) is 5.44. The van der Waals surface area contributed by atoms with E-state index in [-0.39, 0.29) is 30.5 Å². The first kappa shape index (κ1) is 22.3. The van der Waals surface area contributed by atoms with Crippen molar-refractivity contribution in [3.8, 4) is 11.3 Å². The fourth-order valence-corrected chi connectivity index (χ4v) is 3.59. The summed E-state index contributed by atoms with van der Waals surface area (Å²) in [5.74, 6) is -2.09. The van der Waals surface area contributed by atoms with E-state index in [0.29, 0.717) is 24.2 Å². The predicted octanol–water partition coefficient (Wildman–Crippen LogP) is 3.52. The smallest absolute Gasteiger partial charge is 0.266 e. The SMILES string of the molecule is CC[C@@H](Cn1nc(-c2ccc(F)c(F)c2)ccc1=O)NC(=O)CCn1cnc2ccccc21. The first-order chi connectivity index (χ1) is 15.9. The summed E-state index contributed by atoms with van der Waals surface area (Å²) in [6.07, 6.45) is 2.56. The summed E-state index contributed by atoms with van der Waals surface area (Å²) in [6, 6.07) is 13.6. The summed E-state index contributed by atoms with van der Waals surface area (Å²) in [7, 11) is 0. The molecule has 33 heavy (non-hydrogen) atoms. The van der Waals surface area contributed by atoms with Gasteiger partial charge in [-0.2, -0.15) is 5.10 Å². The van der Waals surface area contributed by atoms with Crippen LogP contribution in [0.15, 0.2) is 65.7 Å². The summed E-state index contributed by atoms with van der Waals surface area (Å²) in [5.41, 5.74) is 2.17. The van der Waals surface area contributed by atoms with Gasteiger partial charge in [0.2, 0.25) is 5.91 Å². The Morgan fingerprint density at radius 3 is 2.70 bits per heavy atom. The molecule has 0 aliphatic heterocycles. The van der Waals surface area contributed by atoms with Crippen LogP contribution in [0.25, 0.3) is 22.3 Å². The van der Waals surface area contributed by atoms with Gasteiger partial charge in [-0.05, 0) is 42.8 Å². The van der Waals surface area contributed by atoms with E-state index in [9.17, 15) is 18.4 Å². The Morgan fingerprint density at radius 1 is 1.09 bits per heavy atom. The van der Waals surface area contributed by atoms with Crippen LogP contribution in [0, 0.1) is 11.6 Å². The molecule has 4 rings (SSSR count). The lowest BCUT2D eigenvalue weighted by Crippen LogP contribution is -2.40. The molecule has 0 unspecified atom stereocenters. The highest BCUT2D eigenvalue weighted by molar-refractivity contribution is 5.77. The van der Waals surface area contributed by atoms with E-state index in [1.165, 1.54) is 22.9 Å². The number of amides is 1. The molecular formula is C24H23F2N5O2. The zero-order valence-electron chi connectivity index (χ0n) is 18.0. The largest absolute Gasteiger partial charge is 0.351 e. The Kier molecular flexibility index (Phi) is 6.58. The predicted molar refractivity (Wildman–Crippen MR) is 120 cm³/mol. The molecule has 2 heterocycles. The van der Waals surface area contributed by atoms with Crippen LogP contribution < -0.4 is 10.9 Å². The zero-order chi connectivity index (χ0) is 23.4. The highest BCUT2D eigenvalue weighted by Gasteiger charge is 2.14. The summed E-state index contributed by atoms with van der Waals surface area (Å²) >= 11 is 0. The number of fused-ring (bicyclic) bond motifs is 1. The lowest BCUT2D eigenvalue weighted by atomic mass is 10.1. The standard InChI is InChI=1S/C24H23F2N5O2/c1-2-17(28-23(32)11-12-30-15-27-21-5-3-4-6-22(21)30)14-31-24(33)10-9-20(29-31)16-7-8-18(25)19(26)13-16/h3-10,13,15,17H,2,11-12,14H2,1H3,(H,28,32)/t17-/m0/s1. The van der Waals surface area contributed by atoms with Crippen molar-refractivity contribution < 1.29 is 13.6 Å². The quantitative estimate of drug-likeness (QED) is 0.444. The summed E-state index contributed by atoms with van der Waals surface area (Å²) < 4.78 is 30.0. The molecule has 0 saturated heterocycles. The van der Waals surface area contributed by atoms with Crippen LogP contribution in [0.4, 0.5) is 8.78 Å². The average molecular weight is 451 g/mol. The molecule has 2 aromatic heterocycles. The van der Waals surface area contributed by atoms with Gasteiger partial charge in [0.1, 0.15) is 0 Å².